The van der Waals surface area contributed by atoms with Gasteiger partial charge >= 0.3 is 5.97 Å². The minimum Gasteiger partial charge on any atom is -0.465 e. The quantitative estimate of drug-likeness (QED) is 0.407. The van der Waals surface area contributed by atoms with Gasteiger partial charge < -0.3 is 4.74 Å². The molecule has 0 fully saturated rings. The highest BCUT2D eigenvalue weighted by molar-refractivity contribution is 7.92. The molecule has 8 nitrogen and oxygen atoms in total. The summed E-state index contributed by atoms with van der Waals surface area (Å²) in [7, 11) is -4.23. The largest absolute Gasteiger partial charge is 0.465 e. The first-order chi connectivity index (χ1) is 12.7. The molecule has 0 heterocycles. The summed E-state index contributed by atoms with van der Waals surface area (Å²) in [4.78, 5) is 22.1. The van der Waals surface area contributed by atoms with Crippen LogP contribution in [0.3, 0.4) is 0 Å². The van der Waals surface area contributed by atoms with Gasteiger partial charge in [-0.05, 0) is 44.0 Å². The van der Waals surface area contributed by atoms with Gasteiger partial charge in [0.25, 0.3) is 15.7 Å². The molecule has 0 aliphatic heterocycles. The van der Waals surface area contributed by atoms with Gasteiger partial charge in [0.2, 0.25) is 0 Å². The number of anilines is 1. The van der Waals surface area contributed by atoms with E-state index in [1.54, 1.807) is 26.0 Å². The van der Waals surface area contributed by atoms with Crippen LogP contribution in [0.5, 0.6) is 0 Å². The molecular weight excluding hydrogens is 372 g/mol. The third kappa shape index (κ3) is 4.43. The van der Waals surface area contributed by atoms with Gasteiger partial charge in [0, 0.05) is 12.1 Å². The summed E-state index contributed by atoms with van der Waals surface area (Å²) in [5.74, 6) is -0.715. The van der Waals surface area contributed by atoms with Crippen molar-refractivity contribution in [2.45, 2.75) is 25.7 Å². The number of hydrogen-bond donors (Lipinski definition) is 0. The average molecular weight is 392 g/mol. The summed E-state index contributed by atoms with van der Waals surface area (Å²) in [6.45, 7) is 4.75. The summed E-state index contributed by atoms with van der Waals surface area (Å²) in [5, 5.41) is 11.0. The van der Waals surface area contributed by atoms with Crippen LogP contribution in [0.1, 0.15) is 18.1 Å². The Labute approximate surface area is 157 Å². The summed E-state index contributed by atoms with van der Waals surface area (Å²) in [5.41, 5.74) is 1.48. The van der Waals surface area contributed by atoms with Gasteiger partial charge in [-0.25, -0.2) is 8.42 Å². The van der Waals surface area contributed by atoms with Gasteiger partial charge in [0.1, 0.15) is 6.54 Å². The number of carbonyl (C=O) groups is 1. The smallest absolute Gasteiger partial charge is 0.326 e. The number of esters is 1. The van der Waals surface area contributed by atoms with Crippen molar-refractivity contribution in [3.8, 4) is 0 Å². The van der Waals surface area contributed by atoms with Crippen LogP contribution in [-0.2, 0) is 19.6 Å². The maximum absolute atomic E-state index is 13.2. The van der Waals surface area contributed by atoms with Crippen molar-refractivity contribution in [2.75, 3.05) is 17.5 Å². The molecular formula is C18H20N2O6S. The summed E-state index contributed by atoms with van der Waals surface area (Å²) in [6, 6.07) is 9.80. The molecule has 0 aromatic heterocycles. The molecule has 0 aliphatic carbocycles. The molecule has 0 spiro atoms. The fourth-order valence-corrected chi connectivity index (χ4v) is 4.02. The second-order valence-corrected chi connectivity index (χ2v) is 7.65. The van der Waals surface area contributed by atoms with Gasteiger partial charge in [-0.1, -0.05) is 18.2 Å². The zero-order valence-electron chi connectivity index (χ0n) is 15.2. The fraction of sp³-hybridized carbons (Fsp3) is 0.278. The lowest BCUT2D eigenvalue weighted by Crippen LogP contribution is -2.37. The topological polar surface area (TPSA) is 107 Å². The van der Waals surface area contributed by atoms with Crippen molar-refractivity contribution in [3.05, 3.63) is 63.7 Å². The second kappa shape index (κ2) is 8.17. The van der Waals surface area contributed by atoms with Crippen molar-refractivity contribution in [2.24, 2.45) is 0 Å². The van der Waals surface area contributed by atoms with Crippen LogP contribution >= 0.6 is 0 Å². The van der Waals surface area contributed by atoms with E-state index in [0.717, 1.165) is 15.9 Å². The second-order valence-electron chi connectivity index (χ2n) is 5.79. The maximum atomic E-state index is 13.2. The van der Waals surface area contributed by atoms with E-state index in [2.05, 4.69) is 0 Å². The van der Waals surface area contributed by atoms with E-state index in [9.17, 15) is 23.3 Å². The van der Waals surface area contributed by atoms with E-state index < -0.39 is 27.5 Å². The molecule has 0 aliphatic rings. The Morgan fingerprint density at radius 1 is 1.19 bits per heavy atom. The number of non-ortho nitro benzene ring substituents is 1. The van der Waals surface area contributed by atoms with Crippen LogP contribution in [0.2, 0.25) is 0 Å². The van der Waals surface area contributed by atoms with Crippen LogP contribution < -0.4 is 4.31 Å². The Morgan fingerprint density at radius 3 is 2.48 bits per heavy atom. The zero-order valence-corrected chi connectivity index (χ0v) is 16.0. The first-order valence-electron chi connectivity index (χ1n) is 8.17. The summed E-state index contributed by atoms with van der Waals surface area (Å²) >= 11 is 0. The Bertz CT molecular complexity index is 972. The molecule has 0 atom stereocenters. The number of sulfonamides is 1. The Balaban J connectivity index is 2.61. The first kappa shape index (κ1) is 20.4. The van der Waals surface area contributed by atoms with Crippen molar-refractivity contribution in [3.63, 3.8) is 0 Å². The van der Waals surface area contributed by atoms with E-state index in [0.29, 0.717) is 11.3 Å². The molecule has 0 bridgehead atoms. The molecule has 2 aromatic rings. The highest BCUT2D eigenvalue weighted by Crippen LogP contribution is 2.29. The van der Waals surface area contributed by atoms with Crippen LogP contribution in [0, 0.1) is 24.0 Å². The van der Waals surface area contributed by atoms with Gasteiger partial charge in [-0.2, -0.15) is 0 Å². The molecule has 0 N–H and O–H groups in total. The molecule has 2 aromatic carbocycles. The lowest BCUT2D eigenvalue weighted by atomic mass is 10.1. The number of nitro benzene ring substituents is 1. The number of nitro groups is 1. The highest BCUT2D eigenvalue weighted by Gasteiger charge is 2.30. The van der Waals surface area contributed by atoms with E-state index in [4.69, 9.17) is 4.74 Å². The van der Waals surface area contributed by atoms with Crippen LogP contribution in [0.15, 0.2) is 47.4 Å². The number of nitrogens with zero attached hydrogens (tertiary/aromatic N) is 2. The van der Waals surface area contributed by atoms with E-state index in [1.807, 2.05) is 13.0 Å². The normalized spacial score (nSPS) is 11.1. The molecule has 0 unspecified atom stereocenters. The Hall–Kier alpha value is -2.94. The van der Waals surface area contributed by atoms with Gasteiger partial charge in [0.15, 0.2) is 0 Å². The maximum Gasteiger partial charge on any atom is 0.326 e. The van der Waals surface area contributed by atoms with Crippen LogP contribution in [-0.4, -0.2) is 32.5 Å². The molecule has 0 saturated carbocycles. The first-order valence-corrected chi connectivity index (χ1v) is 9.61. The number of rotatable bonds is 7. The number of carbonyl (C=O) groups excluding carboxylic acids is 1. The third-order valence-corrected chi connectivity index (χ3v) is 5.79. The molecule has 144 valence electrons. The minimum absolute atomic E-state index is 0.107. The highest BCUT2D eigenvalue weighted by atomic mass is 32.2. The number of aryl methyl sites for hydroxylation is 1. The van der Waals surface area contributed by atoms with Crippen molar-refractivity contribution in [1.82, 2.24) is 0 Å². The summed E-state index contributed by atoms with van der Waals surface area (Å²) in [6.07, 6.45) is 0. The van der Waals surface area contributed by atoms with Crippen molar-refractivity contribution < 1.29 is 22.9 Å². The predicted octanol–water partition coefficient (Wildman–Crippen LogP) is 2.97. The molecule has 9 heteroatoms. The SMILES string of the molecule is CCOC(=O)CN(c1cccc(C)c1C)S(=O)(=O)c1cccc([N+](=O)[O-])c1. The van der Waals surface area contributed by atoms with Gasteiger partial charge in [0.05, 0.1) is 22.1 Å². The van der Waals surface area contributed by atoms with Gasteiger partial charge in [-0.15, -0.1) is 0 Å². The zero-order chi connectivity index (χ0) is 20.2. The molecule has 27 heavy (non-hydrogen) atoms. The molecule has 2 rings (SSSR count). The minimum atomic E-state index is -4.23. The third-order valence-electron chi connectivity index (χ3n) is 4.04. The number of ether oxygens (including phenoxy) is 1. The van der Waals surface area contributed by atoms with Crippen LogP contribution in [0.25, 0.3) is 0 Å². The molecule has 0 radical (unpaired) electrons. The standard InChI is InChI=1S/C18H20N2O6S/c1-4-26-18(21)12-19(17-10-5-7-13(2)14(17)3)27(24,25)16-9-6-8-15(11-16)20(22)23/h5-11H,4,12H2,1-3H3. The Kier molecular flexibility index (Phi) is 6.17. The average Bonchev–Trinajstić information content (AvgIpc) is 2.62. The number of hydrogen-bond acceptors (Lipinski definition) is 6. The van der Waals surface area contributed by atoms with Crippen molar-refractivity contribution >= 4 is 27.4 Å². The lowest BCUT2D eigenvalue weighted by molar-refractivity contribution is -0.385. The predicted molar refractivity (Wildman–Crippen MR) is 100 cm³/mol. The fourth-order valence-electron chi connectivity index (χ4n) is 2.51. The van der Waals surface area contributed by atoms with Gasteiger partial charge in [-0.3, -0.25) is 19.2 Å². The lowest BCUT2D eigenvalue weighted by Gasteiger charge is -2.25. The molecule has 0 amide bonds. The summed E-state index contributed by atoms with van der Waals surface area (Å²) < 4.78 is 32.2. The van der Waals surface area contributed by atoms with Crippen molar-refractivity contribution in [1.29, 1.82) is 0 Å². The monoisotopic (exact) mass is 392 g/mol. The number of benzene rings is 2. The Morgan fingerprint density at radius 2 is 1.85 bits per heavy atom. The van der Waals surface area contributed by atoms with E-state index >= 15 is 0 Å². The van der Waals surface area contributed by atoms with Crippen LogP contribution in [0.4, 0.5) is 11.4 Å². The van der Waals surface area contributed by atoms with E-state index in [1.165, 1.54) is 18.2 Å². The molecule has 0 saturated heterocycles. The van der Waals surface area contributed by atoms with E-state index in [-0.39, 0.29) is 17.2 Å².